The van der Waals surface area contributed by atoms with Crippen molar-refractivity contribution in [3.05, 3.63) is 56.4 Å². The summed E-state index contributed by atoms with van der Waals surface area (Å²) in [6.07, 6.45) is 1.69. The molecule has 0 radical (unpaired) electrons. The van der Waals surface area contributed by atoms with E-state index < -0.39 is 5.54 Å². The number of halogens is 2. The number of hydrogen-bond acceptors (Lipinski definition) is 3. The maximum atomic E-state index is 14.3. The van der Waals surface area contributed by atoms with E-state index >= 15 is 0 Å². The van der Waals surface area contributed by atoms with Crippen molar-refractivity contribution in [1.82, 2.24) is 9.13 Å². The van der Waals surface area contributed by atoms with Crippen molar-refractivity contribution < 1.29 is 4.39 Å². The Morgan fingerprint density at radius 1 is 1.50 bits per heavy atom. The van der Waals surface area contributed by atoms with E-state index in [1.54, 1.807) is 34.4 Å². The standard InChI is InChI=1S/C15H16BrFN4O/c1-3-20-7-12-13(18)19-15(2,8-21(12)14(20)22)10-6-9(16)4-5-11(10)17/h4-7H,3,8H2,1-2H3,(H2,18,19)/t15-/m0/s1. The number of aryl methyl sites for hydroxylation is 1. The lowest BCUT2D eigenvalue weighted by atomic mass is 9.90. The third kappa shape index (κ3) is 2.20. The fourth-order valence-electron chi connectivity index (χ4n) is 2.84. The van der Waals surface area contributed by atoms with Crippen LogP contribution >= 0.6 is 15.9 Å². The van der Waals surface area contributed by atoms with E-state index in [4.69, 9.17) is 5.73 Å². The van der Waals surface area contributed by atoms with Crippen molar-refractivity contribution in [2.24, 2.45) is 10.7 Å². The van der Waals surface area contributed by atoms with E-state index in [1.807, 2.05) is 6.92 Å². The molecule has 3 rings (SSSR count). The number of nitrogens with two attached hydrogens (primary N) is 1. The van der Waals surface area contributed by atoms with Gasteiger partial charge in [0.1, 0.15) is 22.9 Å². The summed E-state index contributed by atoms with van der Waals surface area (Å²) in [5.74, 6) is -0.119. The summed E-state index contributed by atoms with van der Waals surface area (Å²) in [6, 6.07) is 4.69. The van der Waals surface area contributed by atoms with Crippen LogP contribution in [0, 0.1) is 5.82 Å². The topological polar surface area (TPSA) is 65.3 Å². The van der Waals surface area contributed by atoms with Crippen LogP contribution < -0.4 is 11.4 Å². The highest BCUT2D eigenvalue weighted by atomic mass is 79.9. The van der Waals surface area contributed by atoms with Gasteiger partial charge in [0, 0.05) is 22.8 Å². The van der Waals surface area contributed by atoms with Crippen LogP contribution in [0.25, 0.3) is 0 Å². The number of aromatic nitrogens is 2. The Labute approximate surface area is 135 Å². The molecule has 22 heavy (non-hydrogen) atoms. The molecule has 2 heterocycles. The summed E-state index contributed by atoms with van der Waals surface area (Å²) in [7, 11) is 0. The van der Waals surface area contributed by atoms with Crippen LogP contribution in [0.3, 0.4) is 0 Å². The summed E-state index contributed by atoms with van der Waals surface area (Å²) < 4.78 is 18.1. The first-order chi connectivity index (χ1) is 10.4. The van der Waals surface area contributed by atoms with Crippen molar-refractivity contribution >= 4 is 21.8 Å². The van der Waals surface area contributed by atoms with Gasteiger partial charge in [-0.25, -0.2) is 9.18 Å². The zero-order valence-electron chi connectivity index (χ0n) is 12.3. The van der Waals surface area contributed by atoms with E-state index in [0.717, 1.165) is 4.47 Å². The Balaban J connectivity index is 2.18. The Kier molecular flexibility index (Phi) is 3.47. The predicted octanol–water partition coefficient (Wildman–Crippen LogP) is 2.21. The van der Waals surface area contributed by atoms with Crippen molar-refractivity contribution in [3.8, 4) is 0 Å². The fraction of sp³-hybridized carbons (Fsp3) is 0.333. The number of rotatable bonds is 2. The minimum atomic E-state index is -0.922. The monoisotopic (exact) mass is 366 g/mol. The van der Waals surface area contributed by atoms with Crippen LogP contribution in [0.15, 0.2) is 38.7 Å². The lowest BCUT2D eigenvalue weighted by molar-refractivity contribution is 0.376. The molecule has 1 aromatic heterocycles. The molecule has 2 N–H and O–H groups in total. The van der Waals surface area contributed by atoms with Crippen molar-refractivity contribution in [2.45, 2.75) is 32.5 Å². The van der Waals surface area contributed by atoms with E-state index in [1.165, 1.54) is 6.07 Å². The van der Waals surface area contributed by atoms with Gasteiger partial charge in [0.25, 0.3) is 0 Å². The first-order valence-corrected chi connectivity index (χ1v) is 7.76. The molecule has 0 spiro atoms. The number of benzene rings is 1. The van der Waals surface area contributed by atoms with Crippen molar-refractivity contribution in [2.75, 3.05) is 0 Å². The van der Waals surface area contributed by atoms with Gasteiger partial charge < -0.3 is 5.73 Å². The molecule has 5 nitrogen and oxygen atoms in total. The fourth-order valence-corrected chi connectivity index (χ4v) is 3.20. The molecule has 0 saturated carbocycles. The Bertz CT molecular complexity index is 839. The number of amidine groups is 1. The quantitative estimate of drug-likeness (QED) is 0.885. The minimum absolute atomic E-state index is 0.156. The number of aliphatic imine (C=N–C) groups is 1. The van der Waals surface area contributed by atoms with Crippen LogP contribution in [0.5, 0.6) is 0 Å². The molecule has 0 unspecified atom stereocenters. The molecule has 116 valence electrons. The second-order valence-corrected chi connectivity index (χ2v) is 6.48. The molecule has 1 atom stereocenters. The van der Waals surface area contributed by atoms with Crippen molar-refractivity contribution in [1.29, 1.82) is 0 Å². The lowest BCUT2D eigenvalue weighted by Crippen LogP contribution is -2.41. The van der Waals surface area contributed by atoms with E-state index in [2.05, 4.69) is 20.9 Å². The summed E-state index contributed by atoms with van der Waals surface area (Å²) in [5.41, 5.74) is 5.94. The molecule has 2 aromatic rings. The average molecular weight is 367 g/mol. The molecule has 0 amide bonds. The average Bonchev–Trinajstić information content (AvgIpc) is 2.78. The summed E-state index contributed by atoms with van der Waals surface area (Å²) in [5, 5.41) is 0. The van der Waals surface area contributed by atoms with Gasteiger partial charge >= 0.3 is 5.69 Å². The maximum absolute atomic E-state index is 14.3. The normalized spacial score (nSPS) is 20.6. The van der Waals surface area contributed by atoms with E-state index in [0.29, 0.717) is 17.8 Å². The molecule has 0 bridgehead atoms. The second-order valence-electron chi connectivity index (χ2n) is 5.56. The largest absolute Gasteiger partial charge is 0.382 e. The summed E-state index contributed by atoms with van der Waals surface area (Å²) >= 11 is 3.34. The number of hydrogen-bond donors (Lipinski definition) is 1. The van der Waals surface area contributed by atoms with Gasteiger partial charge in [0.15, 0.2) is 0 Å². The molecule has 1 aliphatic rings. The zero-order valence-corrected chi connectivity index (χ0v) is 13.9. The Hall–Kier alpha value is -1.89. The lowest BCUT2D eigenvalue weighted by Gasteiger charge is -2.31. The molecule has 7 heteroatoms. The molecule has 0 aliphatic carbocycles. The first kappa shape index (κ1) is 15.0. The van der Waals surface area contributed by atoms with Crippen LogP contribution in [0.2, 0.25) is 0 Å². The van der Waals surface area contributed by atoms with E-state index in [9.17, 15) is 9.18 Å². The van der Waals surface area contributed by atoms with Gasteiger partial charge in [-0.3, -0.25) is 14.1 Å². The van der Waals surface area contributed by atoms with Gasteiger partial charge in [0.05, 0.1) is 6.54 Å². The van der Waals surface area contributed by atoms with Gasteiger partial charge in [-0.1, -0.05) is 15.9 Å². The zero-order chi connectivity index (χ0) is 16.1. The van der Waals surface area contributed by atoms with Crippen LogP contribution in [0.4, 0.5) is 4.39 Å². The number of nitrogens with zero attached hydrogens (tertiary/aromatic N) is 3. The summed E-state index contributed by atoms with van der Waals surface area (Å²) in [4.78, 5) is 16.9. The van der Waals surface area contributed by atoms with Crippen LogP contribution in [0.1, 0.15) is 25.1 Å². The Morgan fingerprint density at radius 2 is 2.23 bits per heavy atom. The van der Waals surface area contributed by atoms with Gasteiger partial charge in [-0.15, -0.1) is 0 Å². The molecule has 0 saturated heterocycles. The first-order valence-electron chi connectivity index (χ1n) is 6.97. The summed E-state index contributed by atoms with van der Waals surface area (Å²) in [6.45, 7) is 4.47. The van der Waals surface area contributed by atoms with Crippen molar-refractivity contribution in [3.63, 3.8) is 0 Å². The minimum Gasteiger partial charge on any atom is -0.382 e. The van der Waals surface area contributed by atoms with Gasteiger partial charge in [-0.2, -0.15) is 0 Å². The Morgan fingerprint density at radius 3 is 2.91 bits per heavy atom. The highest BCUT2D eigenvalue weighted by Gasteiger charge is 2.36. The predicted molar refractivity (Wildman–Crippen MR) is 86.5 cm³/mol. The molecular weight excluding hydrogens is 351 g/mol. The molecular formula is C15H16BrFN4O. The third-order valence-electron chi connectivity index (χ3n) is 3.99. The highest BCUT2D eigenvalue weighted by molar-refractivity contribution is 9.10. The maximum Gasteiger partial charge on any atom is 0.328 e. The number of imidazole rings is 1. The van der Waals surface area contributed by atoms with Crippen LogP contribution in [-0.4, -0.2) is 15.0 Å². The number of fused-ring (bicyclic) bond motifs is 1. The highest BCUT2D eigenvalue weighted by Crippen LogP contribution is 2.34. The molecule has 1 aliphatic heterocycles. The smallest absolute Gasteiger partial charge is 0.328 e. The van der Waals surface area contributed by atoms with Gasteiger partial charge in [-0.05, 0) is 32.0 Å². The van der Waals surface area contributed by atoms with Gasteiger partial charge in [0.2, 0.25) is 0 Å². The van der Waals surface area contributed by atoms with Crippen LogP contribution in [-0.2, 0) is 18.6 Å². The second kappa shape index (κ2) is 5.08. The molecule has 1 aromatic carbocycles. The molecule has 0 fully saturated rings. The third-order valence-corrected chi connectivity index (χ3v) is 4.48. The van der Waals surface area contributed by atoms with E-state index in [-0.39, 0.29) is 23.9 Å². The SMILES string of the molecule is CCn1cc2n(c1=O)C[C@@](C)(c1cc(Br)ccc1F)N=C2N.